The van der Waals surface area contributed by atoms with Crippen LogP contribution in [0, 0.1) is 11.8 Å². The van der Waals surface area contributed by atoms with Gasteiger partial charge in [0.25, 0.3) is 0 Å². The van der Waals surface area contributed by atoms with Crippen molar-refractivity contribution in [3.8, 4) is 0 Å². The summed E-state index contributed by atoms with van der Waals surface area (Å²) in [6.07, 6.45) is 16.1. The van der Waals surface area contributed by atoms with E-state index in [1.807, 2.05) is 0 Å². The van der Waals surface area contributed by atoms with E-state index in [9.17, 15) is 0 Å². The molecule has 2 saturated carbocycles. The molecular formula is C16H31N. The molecule has 17 heavy (non-hydrogen) atoms. The Balaban J connectivity index is 1.58. The molecule has 0 amide bonds. The molecule has 2 unspecified atom stereocenters. The minimum atomic E-state index is 0.841. The Morgan fingerprint density at radius 1 is 0.824 bits per heavy atom. The molecule has 0 bridgehead atoms. The maximum atomic E-state index is 3.83. The van der Waals surface area contributed by atoms with Crippen molar-refractivity contribution in [3.05, 3.63) is 0 Å². The van der Waals surface area contributed by atoms with Gasteiger partial charge in [0.15, 0.2) is 0 Å². The molecule has 2 fully saturated rings. The lowest BCUT2D eigenvalue weighted by molar-refractivity contribution is 0.403. The summed E-state index contributed by atoms with van der Waals surface area (Å²) in [5.74, 6) is 2.08. The van der Waals surface area contributed by atoms with Gasteiger partial charge in [-0.2, -0.15) is 0 Å². The van der Waals surface area contributed by atoms with Crippen LogP contribution in [0.1, 0.15) is 77.6 Å². The third kappa shape index (κ3) is 4.62. The molecule has 0 heterocycles. The molecule has 0 spiro atoms. The van der Waals surface area contributed by atoms with Crippen molar-refractivity contribution < 1.29 is 0 Å². The molecule has 2 aliphatic rings. The zero-order valence-electron chi connectivity index (χ0n) is 11.7. The molecule has 1 heteroatoms. The fourth-order valence-electron chi connectivity index (χ4n) is 3.78. The van der Waals surface area contributed by atoms with E-state index < -0.39 is 0 Å². The summed E-state index contributed by atoms with van der Waals surface area (Å²) in [5, 5.41) is 3.83. The second kappa shape index (κ2) is 7.41. The molecule has 100 valence electrons. The van der Waals surface area contributed by atoms with Gasteiger partial charge in [-0.1, -0.05) is 51.9 Å². The molecule has 0 aromatic carbocycles. The molecule has 2 rings (SSSR count). The fraction of sp³-hybridized carbons (Fsp3) is 1.00. The maximum absolute atomic E-state index is 3.83. The summed E-state index contributed by atoms with van der Waals surface area (Å²) >= 11 is 0. The Morgan fingerprint density at radius 2 is 1.59 bits per heavy atom. The standard InChI is InChI=1S/C16H31N/c1-2-14-8-5-9-16(11-10-14)17-13-12-15-6-3-4-7-15/h14-17H,2-13H2,1H3. The largest absolute Gasteiger partial charge is 0.314 e. The van der Waals surface area contributed by atoms with E-state index in [4.69, 9.17) is 0 Å². The summed E-state index contributed by atoms with van der Waals surface area (Å²) < 4.78 is 0. The van der Waals surface area contributed by atoms with E-state index in [1.165, 1.54) is 77.2 Å². The molecule has 1 N–H and O–H groups in total. The highest BCUT2D eigenvalue weighted by molar-refractivity contribution is 4.75. The Labute approximate surface area is 108 Å². The van der Waals surface area contributed by atoms with E-state index in [1.54, 1.807) is 0 Å². The van der Waals surface area contributed by atoms with Gasteiger partial charge in [0.1, 0.15) is 0 Å². The van der Waals surface area contributed by atoms with Crippen LogP contribution < -0.4 is 5.32 Å². The first-order valence-electron chi connectivity index (χ1n) is 8.12. The van der Waals surface area contributed by atoms with Crippen molar-refractivity contribution in [3.63, 3.8) is 0 Å². The molecule has 0 aromatic rings. The van der Waals surface area contributed by atoms with Gasteiger partial charge in [-0.15, -0.1) is 0 Å². The zero-order chi connectivity index (χ0) is 11.9. The molecule has 0 aromatic heterocycles. The smallest absolute Gasteiger partial charge is 0.00671 e. The summed E-state index contributed by atoms with van der Waals surface area (Å²) in [6, 6.07) is 0.841. The third-order valence-electron chi connectivity index (χ3n) is 5.13. The SMILES string of the molecule is CCC1CCCC(NCCC2CCCC2)CC1. The van der Waals surface area contributed by atoms with Crippen LogP contribution in [0.4, 0.5) is 0 Å². The molecule has 0 saturated heterocycles. The minimum absolute atomic E-state index is 0.841. The summed E-state index contributed by atoms with van der Waals surface area (Å²) in [6.45, 7) is 3.64. The monoisotopic (exact) mass is 237 g/mol. The van der Waals surface area contributed by atoms with Crippen LogP contribution in [0.25, 0.3) is 0 Å². The predicted molar refractivity (Wildman–Crippen MR) is 75.2 cm³/mol. The number of hydrogen-bond donors (Lipinski definition) is 1. The highest BCUT2D eigenvalue weighted by Crippen LogP contribution is 2.28. The quantitative estimate of drug-likeness (QED) is 0.693. The second-order valence-corrected chi connectivity index (χ2v) is 6.37. The lowest BCUT2D eigenvalue weighted by Gasteiger charge is -2.18. The van der Waals surface area contributed by atoms with Gasteiger partial charge in [0.2, 0.25) is 0 Å². The second-order valence-electron chi connectivity index (χ2n) is 6.37. The van der Waals surface area contributed by atoms with E-state index >= 15 is 0 Å². The lowest BCUT2D eigenvalue weighted by atomic mass is 9.98. The van der Waals surface area contributed by atoms with E-state index in [0.29, 0.717) is 0 Å². The van der Waals surface area contributed by atoms with E-state index in [2.05, 4.69) is 12.2 Å². The summed E-state index contributed by atoms with van der Waals surface area (Å²) in [5.41, 5.74) is 0. The molecule has 0 aliphatic heterocycles. The molecule has 1 nitrogen and oxygen atoms in total. The molecule has 2 atom stereocenters. The highest BCUT2D eigenvalue weighted by atomic mass is 14.9. The first kappa shape index (κ1) is 13.4. The van der Waals surface area contributed by atoms with Gasteiger partial charge < -0.3 is 5.32 Å². The number of nitrogens with one attached hydrogen (secondary N) is 1. The number of hydrogen-bond acceptors (Lipinski definition) is 1. The predicted octanol–water partition coefficient (Wildman–Crippen LogP) is 4.52. The van der Waals surface area contributed by atoms with Gasteiger partial charge in [0, 0.05) is 6.04 Å². The van der Waals surface area contributed by atoms with Gasteiger partial charge in [-0.3, -0.25) is 0 Å². The van der Waals surface area contributed by atoms with Crippen LogP contribution in [0.15, 0.2) is 0 Å². The Bertz CT molecular complexity index is 196. The van der Waals surface area contributed by atoms with Crippen molar-refractivity contribution in [1.29, 1.82) is 0 Å². The Hall–Kier alpha value is -0.0400. The highest BCUT2D eigenvalue weighted by Gasteiger charge is 2.18. The van der Waals surface area contributed by atoms with Gasteiger partial charge in [-0.05, 0) is 44.1 Å². The Kier molecular flexibility index (Phi) is 5.84. The van der Waals surface area contributed by atoms with Crippen molar-refractivity contribution in [1.82, 2.24) is 5.32 Å². The van der Waals surface area contributed by atoms with Gasteiger partial charge >= 0.3 is 0 Å². The summed E-state index contributed by atoms with van der Waals surface area (Å²) in [7, 11) is 0. The number of rotatable bonds is 5. The first-order chi connectivity index (χ1) is 8.38. The molecule has 0 radical (unpaired) electrons. The fourth-order valence-corrected chi connectivity index (χ4v) is 3.78. The summed E-state index contributed by atoms with van der Waals surface area (Å²) in [4.78, 5) is 0. The van der Waals surface area contributed by atoms with E-state index in [0.717, 1.165) is 17.9 Å². The zero-order valence-corrected chi connectivity index (χ0v) is 11.7. The van der Waals surface area contributed by atoms with E-state index in [-0.39, 0.29) is 0 Å². The van der Waals surface area contributed by atoms with Crippen molar-refractivity contribution in [2.75, 3.05) is 6.54 Å². The third-order valence-corrected chi connectivity index (χ3v) is 5.13. The van der Waals surface area contributed by atoms with Crippen LogP contribution in [0.3, 0.4) is 0 Å². The van der Waals surface area contributed by atoms with Crippen LogP contribution in [-0.2, 0) is 0 Å². The van der Waals surface area contributed by atoms with Crippen LogP contribution in [0.5, 0.6) is 0 Å². The minimum Gasteiger partial charge on any atom is -0.314 e. The van der Waals surface area contributed by atoms with Gasteiger partial charge in [-0.25, -0.2) is 0 Å². The van der Waals surface area contributed by atoms with Crippen molar-refractivity contribution >= 4 is 0 Å². The van der Waals surface area contributed by atoms with Crippen molar-refractivity contribution in [2.24, 2.45) is 11.8 Å². The van der Waals surface area contributed by atoms with Crippen LogP contribution >= 0.6 is 0 Å². The molecular weight excluding hydrogens is 206 g/mol. The average molecular weight is 237 g/mol. The van der Waals surface area contributed by atoms with Crippen molar-refractivity contribution in [2.45, 2.75) is 83.6 Å². The maximum Gasteiger partial charge on any atom is 0.00671 e. The van der Waals surface area contributed by atoms with Crippen LogP contribution in [0.2, 0.25) is 0 Å². The normalized spacial score (nSPS) is 31.6. The van der Waals surface area contributed by atoms with Crippen LogP contribution in [-0.4, -0.2) is 12.6 Å². The Morgan fingerprint density at radius 3 is 2.35 bits per heavy atom. The first-order valence-corrected chi connectivity index (χ1v) is 8.12. The lowest BCUT2D eigenvalue weighted by Crippen LogP contribution is -2.30. The topological polar surface area (TPSA) is 12.0 Å². The van der Waals surface area contributed by atoms with Gasteiger partial charge in [0.05, 0.1) is 0 Å². The average Bonchev–Trinajstić information content (AvgIpc) is 2.75. The molecule has 2 aliphatic carbocycles.